The zero-order valence-electron chi connectivity index (χ0n) is 13.8. The van der Waals surface area contributed by atoms with E-state index in [1.165, 1.54) is 11.1 Å². The second-order valence-electron chi connectivity index (χ2n) is 5.85. The van der Waals surface area contributed by atoms with Crippen LogP contribution in [0.5, 0.6) is 0 Å². The van der Waals surface area contributed by atoms with Gasteiger partial charge in [0.25, 0.3) is 0 Å². The van der Waals surface area contributed by atoms with Crippen LogP contribution in [0, 0.1) is 0 Å². The van der Waals surface area contributed by atoms with Crippen LogP contribution in [-0.2, 0) is 17.7 Å². The Kier molecular flexibility index (Phi) is 6.21. The number of likely N-dealkylation sites (N-methyl/N-ethyl adjacent to an activating group) is 2. The van der Waals surface area contributed by atoms with Crippen LogP contribution in [0.3, 0.4) is 0 Å². The molecule has 1 atom stereocenters. The molecule has 0 saturated heterocycles. The topological polar surface area (TPSA) is 44.8 Å². The Hall–Kier alpha value is -1.59. The molecule has 5 nitrogen and oxygen atoms in total. The van der Waals surface area contributed by atoms with Crippen molar-refractivity contribution in [2.24, 2.45) is 0 Å². The van der Waals surface area contributed by atoms with Gasteiger partial charge in [-0.2, -0.15) is 0 Å². The first kappa shape index (κ1) is 16.8. The van der Waals surface area contributed by atoms with Crippen LogP contribution in [0.15, 0.2) is 24.3 Å². The lowest BCUT2D eigenvalue weighted by Gasteiger charge is -2.36. The van der Waals surface area contributed by atoms with Gasteiger partial charge in [0.1, 0.15) is 0 Å². The summed E-state index contributed by atoms with van der Waals surface area (Å²) >= 11 is 0. The minimum Gasteiger partial charge on any atom is -0.380 e. The van der Waals surface area contributed by atoms with Crippen LogP contribution in [0.1, 0.15) is 18.1 Å². The number of fused-ring (bicyclic) bond motifs is 1. The highest BCUT2D eigenvalue weighted by molar-refractivity contribution is 5.73. The minimum atomic E-state index is -0.0352. The van der Waals surface area contributed by atoms with Gasteiger partial charge in [0.2, 0.25) is 0 Å². The average molecular weight is 305 g/mol. The molecule has 1 unspecified atom stereocenters. The molecular formula is C17H27N3O2. The standard InChI is InChI=1S/C17H27N3O2/c1-4-22-10-9-18-17(21)20(3)13-16-11-14-7-5-6-8-15(14)12-19(16)2/h5-8,16H,4,9-13H2,1-3H3,(H,18,21). The molecule has 1 aliphatic heterocycles. The van der Waals surface area contributed by atoms with Crippen LogP contribution in [0.4, 0.5) is 4.79 Å². The second-order valence-corrected chi connectivity index (χ2v) is 5.85. The van der Waals surface area contributed by atoms with Crippen molar-refractivity contribution in [2.45, 2.75) is 25.9 Å². The van der Waals surface area contributed by atoms with Gasteiger partial charge in [-0.3, -0.25) is 4.90 Å². The monoisotopic (exact) mass is 305 g/mol. The van der Waals surface area contributed by atoms with E-state index in [4.69, 9.17) is 4.74 Å². The zero-order chi connectivity index (χ0) is 15.9. The predicted octanol–water partition coefficient (Wildman–Crippen LogP) is 1.72. The lowest BCUT2D eigenvalue weighted by atomic mass is 9.94. The van der Waals surface area contributed by atoms with Crippen molar-refractivity contribution in [3.63, 3.8) is 0 Å². The second kappa shape index (κ2) is 8.15. The van der Waals surface area contributed by atoms with Crippen LogP contribution < -0.4 is 5.32 Å². The van der Waals surface area contributed by atoms with E-state index >= 15 is 0 Å². The average Bonchev–Trinajstić information content (AvgIpc) is 2.52. The lowest BCUT2D eigenvalue weighted by molar-refractivity contribution is 0.140. The number of benzene rings is 1. The number of nitrogens with zero attached hydrogens (tertiary/aromatic N) is 2. The van der Waals surface area contributed by atoms with E-state index in [-0.39, 0.29) is 6.03 Å². The number of rotatable bonds is 6. The van der Waals surface area contributed by atoms with E-state index in [9.17, 15) is 4.79 Å². The molecule has 2 amide bonds. The Morgan fingerprint density at radius 2 is 2.14 bits per heavy atom. The summed E-state index contributed by atoms with van der Waals surface area (Å²) in [5, 5.41) is 2.88. The maximum absolute atomic E-state index is 12.1. The summed E-state index contributed by atoms with van der Waals surface area (Å²) in [4.78, 5) is 16.2. The number of ether oxygens (including phenoxy) is 1. The van der Waals surface area contributed by atoms with Gasteiger partial charge < -0.3 is 15.0 Å². The Bertz CT molecular complexity index is 493. The van der Waals surface area contributed by atoms with E-state index in [0.29, 0.717) is 25.8 Å². The molecule has 5 heteroatoms. The summed E-state index contributed by atoms with van der Waals surface area (Å²) < 4.78 is 5.23. The van der Waals surface area contributed by atoms with E-state index in [1.807, 2.05) is 14.0 Å². The lowest BCUT2D eigenvalue weighted by Crippen LogP contribution is -2.48. The summed E-state index contributed by atoms with van der Waals surface area (Å²) in [5.74, 6) is 0. The quantitative estimate of drug-likeness (QED) is 0.814. The van der Waals surface area contributed by atoms with Crippen LogP contribution in [-0.4, -0.2) is 62.3 Å². The first-order valence-electron chi connectivity index (χ1n) is 7.95. The van der Waals surface area contributed by atoms with Gasteiger partial charge in [-0.15, -0.1) is 0 Å². The van der Waals surface area contributed by atoms with Crippen molar-refractivity contribution in [2.75, 3.05) is 40.4 Å². The molecule has 2 rings (SSSR count). The maximum atomic E-state index is 12.1. The van der Waals surface area contributed by atoms with E-state index in [1.54, 1.807) is 4.90 Å². The number of hydrogen-bond donors (Lipinski definition) is 1. The number of urea groups is 1. The van der Waals surface area contributed by atoms with Gasteiger partial charge in [0.15, 0.2) is 0 Å². The van der Waals surface area contributed by atoms with Crippen molar-refractivity contribution in [1.82, 2.24) is 15.1 Å². The zero-order valence-corrected chi connectivity index (χ0v) is 13.8. The van der Waals surface area contributed by atoms with Gasteiger partial charge in [-0.05, 0) is 31.5 Å². The first-order valence-corrected chi connectivity index (χ1v) is 7.95. The first-order chi connectivity index (χ1) is 10.6. The fourth-order valence-corrected chi connectivity index (χ4v) is 2.83. The molecular weight excluding hydrogens is 278 g/mol. The van der Waals surface area contributed by atoms with Crippen LogP contribution in [0.25, 0.3) is 0 Å². The van der Waals surface area contributed by atoms with Crippen LogP contribution in [0.2, 0.25) is 0 Å². The van der Waals surface area contributed by atoms with Gasteiger partial charge in [-0.1, -0.05) is 24.3 Å². The summed E-state index contributed by atoms with van der Waals surface area (Å²) in [6.45, 7) is 5.42. The molecule has 1 aromatic carbocycles. The van der Waals surface area contributed by atoms with Crippen molar-refractivity contribution in [3.8, 4) is 0 Å². The third kappa shape index (κ3) is 4.45. The SMILES string of the molecule is CCOCCNC(=O)N(C)CC1Cc2ccccc2CN1C. The molecule has 0 saturated carbocycles. The normalized spacial score (nSPS) is 17.9. The van der Waals surface area contributed by atoms with E-state index in [0.717, 1.165) is 19.5 Å². The highest BCUT2D eigenvalue weighted by atomic mass is 16.5. The fraction of sp³-hybridized carbons (Fsp3) is 0.588. The number of nitrogens with one attached hydrogen (secondary N) is 1. The molecule has 22 heavy (non-hydrogen) atoms. The highest BCUT2D eigenvalue weighted by Gasteiger charge is 2.25. The molecule has 0 spiro atoms. The number of carbonyl (C=O) groups is 1. The fourth-order valence-electron chi connectivity index (χ4n) is 2.83. The molecule has 0 aromatic heterocycles. The molecule has 0 radical (unpaired) electrons. The molecule has 1 N–H and O–H groups in total. The van der Waals surface area contributed by atoms with Gasteiger partial charge >= 0.3 is 6.03 Å². The summed E-state index contributed by atoms with van der Waals surface area (Å²) in [7, 11) is 3.98. The van der Waals surface area contributed by atoms with Crippen molar-refractivity contribution >= 4 is 6.03 Å². The maximum Gasteiger partial charge on any atom is 0.317 e. The summed E-state index contributed by atoms with van der Waals surface area (Å²) in [6.07, 6.45) is 0.989. The third-order valence-electron chi connectivity index (χ3n) is 4.18. The minimum absolute atomic E-state index is 0.0352. The van der Waals surface area contributed by atoms with E-state index in [2.05, 4.69) is 41.5 Å². The molecule has 1 aromatic rings. The smallest absolute Gasteiger partial charge is 0.317 e. The molecule has 1 aliphatic rings. The molecule has 0 fully saturated rings. The Balaban J connectivity index is 1.84. The van der Waals surface area contributed by atoms with Crippen molar-refractivity contribution in [1.29, 1.82) is 0 Å². The number of carbonyl (C=O) groups excluding carboxylic acids is 1. The Morgan fingerprint density at radius 1 is 1.41 bits per heavy atom. The van der Waals surface area contributed by atoms with Crippen LogP contribution >= 0.6 is 0 Å². The van der Waals surface area contributed by atoms with Gasteiger partial charge in [-0.25, -0.2) is 4.79 Å². The van der Waals surface area contributed by atoms with Crippen molar-refractivity contribution < 1.29 is 9.53 Å². The number of hydrogen-bond acceptors (Lipinski definition) is 3. The third-order valence-corrected chi connectivity index (χ3v) is 4.18. The van der Waals surface area contributed by atoms with Crippen molar-refractivity contribution in [3.05, 3.63) is 35.4 Å². The summed E-state index contributed by atoms with van der Waals surface area (Å²) in [5.41, 5.74) is 2.79. The summed E-state index contributed by atoms with van der Waals surface area (Å²) in [6, 6.07) is 8.88. The molecule has 0 aliphatic carbocycles. The largest absolute Gasteiger partial charge is 0.380 e. The van der Waals surface area contributed by atoms with E-state index < -0.39 is 0 Å². The molecule has 0 bridgehead atoms. The predicted molar refractivity (Wildman–Crippen MR) is 87.9 cm³/mol. The van der Waals surface area contributed by atoms with Gasteiger partial charge in [0.05, 0.1) is 6.61 Å². The van der Waals surface area contributed by atoms with Gasteiger partial charge in [0, 0.05) is 39.3 Å². The Morgan fingerprint density at radius 3 is 2.86 bits per heavy atom. The molecule has 122 valence electrons. The number of amides is 2. The Labute approximate surface area is 133 Å². The molecule has 1 heterocycles. The highest BCUT2D eigenvalue weighted by Crippen LogP contribution is 2.22.